The Hall–Kier alpha value is -1.88. The second kappa shape index (κ2) is 7.86. The molecule has 0 atom stereocenters. The predicted molar refractivity (Wildman–Crippen MR) is 96.8 cm³/mol. The highest BCUT2D eigenvalue weighted by atomic mass is 32.2. The molecule has 0 radical (unpaired) electrons. The number of halogens is 4. The Morgan fingerprint density at radius 2 is 1.71 bits per heavy atom. The van der Waals surface area contributed by atoms with Crippen LogP contribution in [-0.2, 0) is 16.2 Å². The van der Waals surface area contributed by atoms with E-state index in [4.69, 9.17) is 0 Å². The Morgan fingerprint density at radius 3 is 2.18 bits per heavy atom. The first kappa shape index (κ1) is 22.4. The summed E-state index contributed by atoms with van der Waals surface area (Å²) in [6.07, 6.45) is -4.02. The van der Waals surface area contributed by atoms with Gasteiger partial charge < -0.3 is 10.2 Å². The molecule has 11 heteroatoms. The average Bonchev–Trinajstić information content (AvgIpc) is 2.52. The van der Waals surface area contributed by atoms with Crippen LogP contribution in [0.25, 0.3) is 0 Å². The molecule has 1 fully saturated rings. The minimum atomic E-state index is -4.81. The van der Waals surface area contributed by atoms with E-state index in [1.165, 1.54) is 4.90 Å². The van der Waals surface area contributed by atoms with Crippen LogP contribution >= 0.6 is 0 Å². The van der Waals surface area contributed by atoms with Crippen LogP contribution in [0.5, 0.6) is 0 Å². The van der Waals surface area contributed by atoms with E-state index in [-0.39, 0.29) is 24.8 Å². The zero-order valence-corrected chi connectivity index (χ0v) is 16.5. The summed E-state index contributed by atoms with van der Waals surface area (Å²) in [6, 6.07) is 1.27. The predicted octanol–water partition coefficient (Wildman–Crippen LogP) is 3.56. The molecule has 6 nitrogen and oxygen atoms in total. The fourth-order valence-electron chi connectivity index (χ4n) is 2.62. The maximum absolute atomic E-state index is 13.6. The van der Waals surface area contributed by atoms with Gasteiger partial charge in [-0.2, -0.15) is 13.2 Å². The summed E-state index contributed by atoms with van der Waals surface area (Å²) >= 11 is 0. The average molecular weight is 425 g/mol. The smallest absolute Gasteiger partial charge is 0.324 e. The van der Waals surface area contributed by atoms with Crippen molar-refractivity contribution in [3.63, 3.8) is 0 Å². The molecule has 1 aliphatic rings. The number of carbonyl (C=O) groups excluding carboxylic acids is 1. The molecule has 1 saturated heterocycles. The number of nitrogens with zero attached hydrogens (tertiary/aromatic N) is 1. The van der Waals surface area contributed by atoms with Crippen molar-refractivity contribution in [2.24, 2.45) is 0 Å². The number of rotatable bonds is 3. The number of piperidine rings is 1. The number of nitrogens with one attached hydrogen (secondary N) is 2. The number of carbonyl (C=O) groups is 1. The summed E-state index contributed by atoms with van der Waals surface area (Å²) in [5, 5.41) is 2.36. The molecule has 1 aliphatic heterocycles. The molecule has 0 unspecified atom stereocenters. The molecule has 0 bridgehead atoms. The number of amides is 2. The van der Waals surface area contributed by atoms with E-state index < -0.39 is 38.4 Å². The quantitative estimate of drug-likeness (QED) is 0.727. The van der Waals surface area contributed by atoms with Gasteiger partial charge in [-0.1, -0.05) is 0 Å². The molecular formula is C17H23F4N3O3S. The molecule has 1 aromatic carbocycles. The molecule has 2 N–H and O–H groups in total. The zero-order valence-electron chi connectivity index (χ0n) is 15.7. The lowest BCUT2D eigenvalue weighted by molar-refractivity contribution is -0.139. The summed E-state index contributed by atoms with van der Waals surface area (Å²) in [4.78, 5) is 13.6. The van der Waals surface area contributed by atoms with E-state index >= 15 is 0 Å². The van der Waals surface area contributed by atoms with Gasteiger partial charge in [-0.25, -0.2) is 22.3 Å². The first-order valence-corrected chi connectivity index (χ1v) is 10.1. The third-order valence-electron chi connectivity index (χ3n) is 4.44. The summed E-state index contributed by atoms with van der Waals surface area (Å²) in [5.41, 5.74) is -1.50. The number of sulfonamides is 1. The minimum Gasteiger partial charge on any atom is -0.324 e. The molecular weight excluding hydrogens is 402 g/mol. The summed E-state index contributed by atoms with van der Waals surface area (Å²) in [7, 11) is -3.51. The lowest BCUT2D eigenvalue weighted by Gasteiger charge is -2.33. The van der Waals surface area contributed by atoms with Crippen molar-refractivity contribution in [1.29, 1.82) is 0 Å². The second-order valence-corrected chi connectivity index (χ2v) is 10.1. The first-order chi connectivity index (χ1) is 12.7. The van der Waals surface area contributed by atoms with Crippen molar-refractivity contribution in [2.45, 2.75) is 50.6 Å². The Kier molecular flexibility index (Phi) is 6.29. The Balaban J connectivity index is 1.93. The van der Waals surface area contributed by atoms with Crippen molar-refractivity contribution in [1.82, 2.24) is 9.62 Å². The number of urea groups is 1. The molecule has 0 aromatic heterocycles. The second-order valence-electron chi connectivity index (χ2n) is 7.62. The molecule has 0 spiro atoms. The van der Waals surface area contributed by atoms with Gasteiger partial charge in [-0.3, -0.25) is 0 Å². The lowest BCUT2D eigenvalue weighted by atomic mass is 10.1. The molecule has 1 aromatic rings. The first-order valence-electron chi connectivity index (χ1n) is 8.65. The monoisotopic (exact) mass is 425 g/mol. The maximum atomic E-state index is 13.6. The summed E-state index contributed by atoms with van der Waals surface area (Å²) < 4.78 is 77.4. The number of benzene rings is 1. The van der Waals surface area contributed by atoms with Crippen molar-refractivity contribution in [2.75, 3.05) is 18.4 Å². The SMILES string of the molecule is CC(C)(C)S(=O)(=O)NC1CCN(C(=O)Nc2ccc(C(F)(F)F)c(F)c2)CC1. The van der Waals surface area contributed by atoms with Gasteiger partial charge in [0.1, 0.15) is 5.82 Å². The van der Waals surface area contributed by atoms with Gasteiger partial charge in [0.25, 0.3) is 0 Å². The van der Waals surface area contributed by atoms with Crippen LogP contribution in [0.15, 0.2) is 18.2 Å². The minimum absolute atomic E-state index is 0.0916. The van der Waals surface area contributed by atoms with Crippen LogP contribution in [0.4, 0.5) is 28.0 Å². The molecule has 1 heterocycles. The Labute approximate surface area is 161 Å². The summed E-state index contributed by atoms with van der Waals surface area (Å²) in [6.45, 7) is 5.27. The summed E-state index contributed by atoms with van der Waals surface area (Å²) in [5.74, 6) is -1.47. The highest BCUT2D eigenvalue weighted by Crippen LogP contribution is 2.32. The normalized spacial score (nSPS) is 16.9. The lowest BCUT2D eigenvalue weighted by Crippen LogP contribution is -2.50. The van der Waals surface area contributed by atoms with Crippen molar-refractivity contribution >= 4 is 21.7 Å². The third kappa shape index (κ3) is 5.34. The van der Waals surface area contributed by atoms with Crippen LogP contribution in [0.1, 0.15) is 39.2 Å². The van der Waals surface area contributed by atoms with E-state index in [1.807, 2.05) is 0 Å². The Morgan fingerprint density at radius 1 is 1.14 bits per heavy atom. The van der Waals surface area contributed by atoms with Crippen molar-refractivity contribution in [3.05, 3.63) is 29.6 Å². The number of hydrogen-bond donors (Lipinski definition) is 2. The zero-order chi connectivity index (χ0) is 21.3. The Bertz CT molecular complexity index is 827. The molecule has 2 amide bonds. The molecule has 158 valence electrons. The van der Waals surface area contributed by atoms with E-state index in [0.717, 1.165) is 6.07 Å². The number of anilines is 1. The van der Waals surface area contributed by atoms with Gasteiger partial charge in [0, 0.05) is 24.8 Å². The van der Waals surface area contributed by atoms with Gasteiger partial charge in [0.15, 0.2) is 0 Å². The molecule has 28 heavy (non-hydrogen) atoms. The highest BCUT2D eigenvalue weighted by Gasteiger charge is 2.35. The van der Waals surface area contributed by atoms with E-state index in [0.29, 0.717) is 25.0 Å². The van der Waals surface area contributed by atoms with Gasteiger partial charge in [-0.15, -0.1) is 0 Å². The van der Waals surface area contributed by atoms with Crippen LogP contribution in [-0.4, -0.2) is 43.2 Å². The fraction of sp³-hybridized carbons (Fsp3) is 0.588. The molecule has 0 aliphatic carbocycles. The van der Waals surface area contributed by atoms with E-state index in [1.54, 1.807) is 20.8 Å². The fourth-order valence-corrected chi connectivity index (χ4v) is 3.65. The number of likely N-dealkylation sites (tertiary alicyclic amines) is 1. The number of hydrogen-bond acceptors (Lipinski definition) is 3. The van der Waals surface area contributed by atoms with Crippen molar-refractivity contribution in [3.8, 4) is 0 Å². The van der Waals surface area contributed by atoms with Crippen LogP contribution in [0, 0.1) is 5.82 Å². The van der Waals surface area contributed by atoms with Gasteiger partial charge in [-0.05, 0) is 51.8 Å². The van der Waals surface area contributed by atoms with Crippen molar-refractivity contribution < 1.29 is 30.8 Å². The molecule has 0 saturated carbocycles. The molecule has 2 rings (SSSR count). The standard InChI is InChI=1S/C17H23F4N3O3S/c1-16(2,3)28(26,27)23-11-6-8-24(9-7-11)15(25)22-12-4-5-13(14(18)10-12)17(19,20)21/h4-5,10-11,23H,6-9H2,1-3H3,(H,22,25). The van der Waals surface area contributed by atoms with Crippen LogP contribution in [0.3, 0.4) is 0 Å². The van der Waals surface area contributed by atoms with Crippen LogP contribution in [0.2, 0.25) is 0 Å². The van der Waals surface area contributed by atoms with E-state index in [2.05, 4.69) is 10.0 Å². The van der Waals surface area contributed by atoms with E-state index in [9.17, 15) is 30.8 Å². The topological polar surface area (TPSA) is 78.5 Å². The highest BCUT2D eigenvalue weighted by molar-refractivity contribution is 7.90. The van der Waals surface area contributed by atoms with Gasteiger partial charge in [0.2, 0.25) is 10.0 Å². The van der Waals surface area contributed by atoms with Crippen LogP contribution < -0.4 is 10.0 Å². The maximum Gasteiger partial charge on any atom is 0.419 e. The van der Waals surface area contributed by atoms with Gasteiger partial charge >= 0.3 is 12.2 Å². The number of alkyl halides is 3. The largest absolute Gasteiger partial charge is 0.419 e. The van der Waals surface area contributed by atoms with Gasteiger partial charge in [0.05, 0.1) is 10.3 Å². The third-order valence-corrected chi connectivity index (χ3v) is 6.69.